The number of para-hydroxylation sites is 1. The highest BCUT2D eigenvalue weighted by Gasteiger charge is 2.37. The molecule has 2 heterocycles. The first-order valence-electron chi connectivity index (χ1n) is 6.48. The molecule has 4 nitrogen and oxygen atoms in total. The van der Waals surface area contributed by atoms with E-state index in [0.717, 1.165) is 11.3 Å². The van der Waals surface area contributed by atoms with Gasteiger partial charge in [0.1, 0.15) is 11.5 Å². The predicted molar refractivity (Wildman–Crippen MR) is 71.7 cm³/mol. The topological polar surface area (TPSA) is 55.4 Å². The molecule has 4 heteroatoms. The van der Waals surface area contributed by atoms with Crippen LogP contribution in [-0.2, 0) is 16.0 Å². The summed E-state index contributed by atoms with van der Waals surface area (Å²) in [6, 6.07) is 7.66. The van der Waals surface area contributed by atoms with Gasteiger partial charge in [0.2, 0.25) is 0 Å². The Morgan fingerprint density at radius 1 is 1.10 bits per heavy atom. The second-order valence-corrected chi connectivity index (χ2v) is 4.96. The van der Waals surface area contributed by atoms with Crippen LogP contribution in [0, 0.1) is 0 Å². The van der Waals surface area contributed by atoms with Crippen LogP contribution in [-0.4, -0.2) is 11.7 Å². The largest absolute Gasteiger partial charge is 0.460 e. The van der Waals surface area contributed by atoms with Crippen molar-refractivity contribution in [3.63, 3.8) is 0 Å². The first-order valence-corrected chi connectivity index (χ1v) is 6.48. The van der Waals surface area contributed by atoms with E-state index in [1.807, 2.05) is 24.3 Å². The minimum atomic E-state index is -0.252. The summed E-state index contributed by atoms with van der Waals surface area (Å²) in [5.74, 6) is 1.04. The van der Waals surface area contributed by atoms with Gasteiger partial charge in [0.25, 0.3) is 5.91 Å². The van der Waals surface area contributed by atoms with Crippen LogP contribution in [0.1, 0.15) is 12.0 Å². The maximum atomic E-state index is 12.1. The molecule has 0 spiro atoms. The fraction of sp³-hybridized carbons (Fsp3) is 0.125. The summed E-state index contributed by atoms with van der Waals surface area (Å²) >= 11 is 0. The molecule has 20 heavy (non-hydrogen) atoms. The average Bonchev–Trinajstić information content (AvgIpc) is 2.99. The molecule has 0 atom stereocenters. The molecule has 1 aliphatic carbocycles. The van der Waals surface area contributed by atoms with Crippen molar-refractivity contribution >= 4 is 11.7 Å². The third-order valence-corrected chi connectivity index (χ3v) is 3.70. The number of carbonyl (C=O) groups is 2. The summed E-state index contributed by atoms with van der Waals surface area (Å²) in [5.41, 5.74) is 2.50. The van der Waals surface area contributed by atoms with Gasteiger partial charge in [-0.2, -0.15) is 0 Å². The van der Waals surface area contributed by atoms with E-state index in [1.165, 1.54) is 0 Å². The van der Waals surface area contributed by atoms with Gasteiger partial charge in [-0.05, 0) is 12.1 Å². The molecule has 98 valence electrons. The van der Waals surface area contributed by atoms with Crippen LogP contribution in [0.2, 0.25) is 0 Å². The zero-order chi connectivity index (χ0) is 13.7. The van der Waals surface area contributed by atoms with Gasteiger partial charge in [0.15, 0.2) is 5.78 Å². The Bertz CT molecular complexity index is 726. The lowest BCUT2D eigenvalue weighted by Gasteiger charge is -2.08. The quantitative estimate of drug-likeness (QED) is 0.728. The molecular formula is C16H11NO3. The molecule has 0 aromatic heterocycles. The molecule has 0 unspecified atom stereocenters. The minimum absolute atomic E-state index is 0.0390. The number of nitrogens with one attached hydrogen (secondary N) is 1. The van der Waals surface area contributed by atoms with Crippen molar-refractivity contribution in [2.45, 2.75) is 12.8 Å². The van der Waals surface area contributed by atoms with Crippen LogP contribution in [0.25, 0.3) is 0 Å². The van der Waals surface area contributed by atoms with Crippen molar-refractivity contribution in [3.8, 4) is 5.75 Å². The number of carbonyl (C=O) groups excluding carboxylic acids is 2. The van der Waals surface area contributed by atoms with Gasteiger partial charge in [-0.3, -0.25) is 9.59 Å². The highest BCUT2D eigenvalue weighted by molar-refractivity contribution is 6.17. The van der Waals surface area contributed by atoms with Crippen LogP contribution in [0.5, 0.6) is 5.75 Å². The van der Waals surface area contributed by atoms with Crippen LogP contribution >= 0.6 is 0 Å². The number of Topliss-reactive ketones (excluding diaryl/α,β-unsaturated/α-hetero) is 1. The lowest BCUT2D eigenvalue weighted by atomic mass is 9.95. The van der Waals surface area contributed by atoms with Gasteiger partial charge in [-0.15, -0.1) is 0 Å². The van der Waals surface area contributed by atoms with Crippen molar-refractivity contribution in [1.82, 2.24) is 5.32 Å². The molecule has 3 aliphatic rings. The van der Waals surface area contributed by atoms with Crippen LogP contribution in [0.4, 0.5) is 0 Å². The third-order valence-electron chi connectivity index (χ3n) is 3.70. The number of benzene rings is 1. The molecule has 0 radical (unpaired) electrons. The zero-order valence-electron chi connectivity index (χ0n) is 10.6. The lowest BCUT2D eigenvalue weighted by molar-refractivity contribution is -0.117. The molecule has 0 saturated carbocycles. The van der Waals surface area contributed by atoms with Crippen molar-refractivity contribution in [3.05, 3.63) is 64.6 Å². The third kappa shape index (κ3) is 1.48. The summed E-state index contributed by atoms with van der Waals surface area (Å²) in [4.78, 5) is 24.2. The number of fused-ring (bicyclic) bond motifs is 1. The Hall–Kier alpha value is -2.62. The molecule has 0 saturated heterocycles. The van der Waals surface area contributed by atoms with Gasteiger partial charge in [0, 0.05) is 18.4 Å². The van der Waals surface area contributed by atoms with E-state index in [9.17, 15) is 9.59 Å². The van der Waals surface area contributed by atoms with E-state index in [-0.39, 0.29) is 11.7 Å². The molecule has 1 aromatic rings. The summed E-state index contributed by atoms with van der Waals surface area (Å²) in [6.07, 6.45) is 4.42. The highest BCUT2D eigenvalue weighted by Crippen LogP contribution is 2.37. The predicted octanol–water partition coefficient (Wildman–Crippen LogP) is 1.79. The molecule has 2 aliphatic heterocycles. The number of hydrogen-bond donors (Lipinski definition) is 1. The van der Waals surface area contributed by atoms with E-state index in [0.29, 0.717) is 35.4 Å². The van der Waals surface area contributed by atoms with Gasteiger partial charge in [-0.25, -0.2) is 0 Å². The van der Waals surface area contributed by atoms with Gasteiger partial charge >= 0.3 is 0 Å². The second-order valence-electron chi connectivity index (χ2n) is 4.96. The monoisotopic (exact) mass is 265 g/mol. The molecule has 0 bridgehead atoms. The Morgan fingerprint density at radius 3 is 2.80 bits per heavy atom. The lowest BCUT2D eigenvalue weighted by Crippen LogP contribution is -2.17. The Balaban J connectivity index is 1.85. The summed E-state index contributed by atoms with van der Waals surface area (Å²) in [6.45, 7) is 0. The Kier molecular flexibility index (Phi) is 2.21. The number of allylic oxidation sites excluding steroid dienone is 3. The standard InChI is InChI=1S/C16H11NO3/c18-11-6-3-5-10-14(11)15(16(19)17-10)13-8-9-4-1-2-7-12(9)20-13/h1-5,7H,6,8H2,(H,17,19). The fourth-order valence-corrected chi connectivity index (χ4v) is 2.79. The molecule has 1 N–H and O–H groups in total. The summed E-state index contributed by atoms with van der Waals surface area (Å²) < 4.78 is 5.77. The normalized spacial score (nSPS) is 23.6. The van der Waals surface area contributed by atoms with E-state index in [1.54, 1.807) is 12.2 Å². The van der Waals surface area contributed by atoms with Crippen LogP contribution < -0.4 is 10.1 Å². The van der Waals surface area contributed by atoms with E-state index in [2.05, 4.69) is 5.32 Å². The SMILES string of the molecule is O=C1CC=CC2=C1C(=C1Cc3ccccc3O1)C(=O)N2. The van der Waals surface area contributed by atoms with Gasteiger partial charge in [0.05, 0.1) is 16.8 Å². The van der Waals surface area contributed by atoms with Crippen molar-refractivity contribution in [1.29, 1.82) is 0 Å². The number of ketones is 1. The number of rotatable bonds is 0. The molecule has 4 rings (SSSR count). The number of hydrogen-bond acceptors (Lipinski definition) is 3. The molecule has 0 fully saturated rings. The van der Waals surface area contributed by atoms with Crippen molar-refractivity contribution < 1.29 is 14.3 Å². The molecular weight excluding hydrogens is 254 g/mol. The van der Waals surface area contributed by atoms with E-state index in [4.69, 9.17) is 4.74 Å². The zero-order valence-corrected chi connectivity index (χ0v) is 10.6. The highest BCUT2D eigenvalue weighted by atomic mass is 16.5. The van der Waals surface area contributed by atoms with Crippen molar-refractivity contribution in [2.75, 3.05) is 0 Å². The maximum Gasteiger partial charge on any atom is 0.259 e. The maximum absolute atomic E-state index is 12.1. The van der Waals surface area contributed by atoms with Gasteiger partial charge < -0.3 is 10.1 Å². The summed E-state index contributed by atoms with van der Waals surface area (Å²) in [7, 11) is 0. The average molecular weight is 265 g/mol. The smallest absolute Gasteiger partial charge is 0.259 e. The minimum Gasteiger partial charge on any atom is -0.460 e. The van der Waals surface area contributed by atoms with Crippen LogP contribution in [0.3, 0.4) is 0 Å². The Labute approximate surface area is 115 Å². The van der Waals surface area contributed by atoms with Crippen LogP contribution in [0.15, 0.2) is 59.0 Å². The first-order chi connectivity index (χ1) is 9.74. The second kappa shape index (κ2) is 3.93. The number of ether oxygens (including phenoxy) is 1. The molecule has 1 amide bonds. The summed E-state index contributed by atoms with van der Waals surface area (Å²) in [5, 5.41) is 2.74. The first kappa shape index (κ1) is 11.2. The number of amides is 1. The fourth-order valence-electron chi connectivity index (χ4n) is 2.79. The Morgan fingerprint density at radius 2 is 1.95 bits per heavy atom. The van der Waals surface area contributed by atoms with Crippen molar-refractivity contribution in [2.24, 2.45) is 0 Å². The van der Waals surface area contributed by atoms with E-state index < -0.39 is 0 Å². The van der Waals surface area contributed by atoms with Gasteiger partial charge in [-0.1, -0.05) is 24.3 Å². The molecule has 1 aromatic carbocycles. The van der Waals surface area contributed by atoms with E-state index >= 15 is 0 Å².